The molecule has 0 bridgehead atoms. The molecule has 1 saturated heterocycles. The molecular formula is C27H26F5N6O3+. The van der Waals surface area contributed by atoms with Crippen LogP contribution in [0.3, 0.4) is 0 Å². The first-order chi connectivity index (χ1) is 19.4. The maximum Gasteiger partial charge on any atom is 0.493 e. The molecule has 0 radical (unpaired) electrons. The van der Waals surface area contributed by atoms with Gasteiger partial charge in [0.15, 0.2) is 5.69 Å². The molecule has 2 amide bonds. The van der Waals surface area contributed by atoms with Gasteiger partial charge >= 0.3 is 24.1 Å². The fraction of sp³-hybridized carbons (Fsp3) is 0.333. The number of hydroxylamine groups is 2. The van der Waals surface area contributed by atoms with E-state index < -0.39 is 40.5 Å². The molecule has 3 heterocycles. The van der Waals surface area contributed by atoms with Crippen molar-refractivity contribution < 1.29 is 36.4 Å². The molecule has 0 unspecified atom stereocenters. The summed E-state index contributed by atoms with van der Waals surface area (Å²) in [5, 5.41) is 0.258. The number of fused-ring (bicyclic) bond motifs is 2. The highest BCUT2D eigenvalue weighted by Crippen LogP contribution is 2.54. The lowest BCUT2D eigenvalue weighted by atomic mass is 9.88. The minimum Gasteiger partial charge on any atom is -0.356 e. The molecule has 41 heavy (non-hydrogen) atoms. The van der Waals surface area contributed by atoms with Gasteiger partial charge in [-0.3, -0.25) is 0 Å². The smallest absolute Gasteiger partial charge is 0.356 e. The molecule has 2 atom stereocenters. The Kier molecular flexibility index (Phi) is 6.05. The number of aryl methyl sites for hydroxylation is 1. The summed E-state index contributed by atoms with van der Waals surface area (Å²) in [4.78, 5) is 33.3. The molecule has 1 aliphatic carbocycles. The highest BCUT2D eigenvalue weighted by Gasteiger charge is 2.75. The van der Waals surface area contributed by atoms with Gasteiger partial charge in [-0.15, -0.1) is 8.98 Å². The van der Waals surface area contributed by atoms with Gasteiger partial charge in [0.25, 0.3) is 0 Å². The van der Waals surface area contributed by atoms with E-state index in [0.717, 1.165) is 12.1 Å². The van der Waals surface area contributed by atoms with E-state index in [2.05, 4.69) is 15.2 Å². The molecule has 2 aromatic heterocycles. The van der Waals surface area contributed by atoms with E-state index >= 15 is 4.39 Å². The number of hydrogen-bond donors (Lipinski definition) is 3. The minimum absolute atomic E-state index is 0.0191. The van der Waals surface area contributed by atoms with E-state index in [0.29, 0.717) is 29.3 Å². The third-order valence-corrected chi connectivity index (χ3v) is 8.13. The Morgan fingerprint density at radius 3 is 2.54 bits per heavy atom. The van der Waals surface area contributed by atoms with Crippen molar-refractivity contribution in [3.63, 3.8) is 0 Å². The summed E-state index contributed by atoms with van der Waals surface area (Å²) in [5.41, 5.74) is 9.43. The Balaban J connectivity index is 1.70. The summed E-state index contributed by atoms with van der Waals surface area (Å²) in [6.45, 7) is 0. The van der Waals surface area contributed by atoms with Crippen LogP contribution in [-0.4, -0.2) is 44.9 Å². The topological polar surface area (TPSA) is 105 Å². The number of urea groups is 1. The Morgan fingerprint density at radius 1 is 1.12 bits per heavy atom. The summed E-state index contributed by atoms with van der Waals surface area (Å²) in [6, 6.07) is 8.00. The van der Waals surface area contributed by atoms with E-state index in [-0.39, 0.29) is 40.6 Å². The number of halogens is 5. The average Bonchev–Trinajstić information content (AvgIpc) is 3.56. The zero-order valence-electron chi connectivity index (χ0n) is 21.7. The Bertz CT molecular complexity index is 1680. The fourth-order valence-electron chi connectivity index (χ4n) is 6.29. The molecular weight excluding hydrogens is 551 g/mol. The second-order valence-electron chi connectivity index (χ2n) is 10.5. The summed E-state index contributed by atoms with van der Waals surface area (Å²) in [6.07, 6.45) is -1.40. The number of benzene rings is 2. The number of nitrogens with one attached hydrogen (secondary N) is 2. The van der Waals surface area contributed by atoms with E-state index in [1.165, 1.54) is 23.0 Å². The maximum absolute atomic E-state index is 18.7. The molecule has 1 aliphatic heterocycles. The molecule has 4 N–H and O–H groups in total. The van der Waals surface area contributed by atoms with Crippen molar-refractivity contribution in [1.82, 2.24) is 24.6 Å². The number of para-hydroxylation sites is 1. The van der Waals surface area contributed by atoms with Crippen LogP contribution in [0.2, 0.25) is 0 Å². The van der Waals surface area contributed by atoms with Crippen molar-refractivity contribution in [1.29, 1.82) is 0 Å². The van der Waals surface area contributed by atoms with Crippen LogP contribution < -0.4 is 15.8 Å². The lowest BCUT2D eigenvalue weighted by molar-refractivity contribution is -0.281. The quantitative estimate of drug-likeness (QED) is 0.178. The van der Waals surface area contributed by atoms with Crippen molar-refractivity contribution in [2.75, 3.05) is 0 Å². The molecule has 216 valence electrons. The molecule has 6 rings (SSSR count). The Morgan fingerprint density at radius 2 is 1.83 bits per heavy atom. The van der Waals surface area contributed by atoms with Crippen LogP contribution in [0.15, 0.2) is 54.9 Å². The molecule has 9 nitrogen and oxygen atoms in total. The van der Waals surface area contributed by atoms with Gasteiger partial charge in [-0.1, -0.05) is 17.2 Å². The Hall–Kier alpha value is -4.17. The number of alkyl halides is 4. The first-order valence-electron chi connectivity index (χ1n) is 12.9. The second-order valence-corrected chi connectivity index (χ2v) is 10.5. The second kappa shape index (κ2) is 9.17. The standard InChI is InChI=1S/C27H25F5N6O3/c1-36-14-20(19-12-15(28)6-11-22(19)36)27(32)37(41-24(39)26(29,30)31)25(40)35-38(27,17-9-7-16(33)8-10-17)23-13-34-21-5-3-2-4-18(21)23/h2-6,11-14,16-17,34H,7-10,33H2,1H3/p+1/t16?,17?,27-,38+/m1/s1. The van der Waals surface area contributed by atoms with Gasteiger partial charge in [0.05, 0.1) is 17.1 Å². The van der Waals surface area contributed by atoms with Gasteiger partial charge in [-0.2, -0.15) is 18.6 Å². The van der Waals surface area contributed by atoms with Gasteiger partial charge in [-0.25, -0.2) is 14.0 Å². The average molecular weight is 578 g/mol. The fourth-order valence-corrected chi connectivity index (χ4v) is 6.29. The van der Waals surface area contributed by atoms with Gasteiger partial charge in [0.2, 0.25) is 0 Å². The normalized spacial score (nSPS) is 27.0. The van der Waals surface area contributed by atoms with Crippen LogP contribution in [0.1, 0.15) is 31.2 Å². The highest BCUT2D eigenvalue weighted by atomic mass is 19.4. The molecule has 2 fully saturated rings. The molecule has 0 spiro atoms. The van der Waals surface area contributed by atoms with Crippen molar-refractivity contribution in [3.05, 3.63) is 66.2 Å². The third-order valence-electron chi connectivity index (χ3n) is 8.13. The zero-order chi connectivity index (χ0) is 29.3. The molecule has 14 heteroatoms. The predicted octanol–water partition coefficient (Wildman–Crippen LogP) is 5.12. The third kappa shape index (κ3) is 3.88. The molecule has 2 aromatic carbocycles. The van der Waals surface area contributed by atoms with Crippen LogP contribution >= 0.6 is 0 Å². The van der Waals surface area contributed by atoms with Crippen LogP contribution in [0.4, 0.5) is 32.4 Å². The number of rotatable bonds is 4. The number of hydrogen-bond acceptors (Lipinski definition) is 4. The van der Waals surface area contributed by atoms with E-state index in [4.69, 9.17) is 5.73 Å². The number of carbonyl (C=O) groups excluding carboxylic acids is 2. The number of amides is 2. The predicted molar refractivity (Wildman–Crippen MR) is 139 cm³/mol. The number of aromatic nitrogens is 2. The van der Waals surface area contributed by atoms with E-state index in [9.17, 15) is 27.2 Å². The maximum atomic E-state index is 18.7. The summed E-state index contributed by atoms with van der Waals surface area (Å²) >= 11 is 0. The number of aromatic amines is 1. The SMILES string of the molecule is Cn1cc([C@@]2(F)N(OC(=O)C(F)(F)F)C(=O)N[N@+]2(c2c[nH]c3ccccc23)C2CCC(N)CC2)c2cc(F)ccc21. The lowest BCUT2D eigenvalue weighted by Gasteiger charge is -2.46. The molecule has 4 aromatic rings. The first-order valence-corrected chi connectivity index (χ1v) is 12.9. The molecule has 2 aliphatic rings. The highest BCUT2D eigenvalue weighted by molar-refractivity contribution is 5.95. The largest absolute Gasteiger partial charge is 0.493 e. The number of H-pyrrole nitrogens is 1. The van der Waals surface area contributed by atoms with Crippen LogP contribution in [0.5, 0.6) is 0 Å². The first kappa shape index (κ1) is 27.0. The van der Waals surface area contributed by atoms with Crippen LogP contribution in [-0.2, 0) is 22.6 Å². The van der Waals surface area contributed by atoms with Gasteiger partial charge in [-0.05, 0) is 43.2 Å². The summed E-state index contributed by atoms with van der Waals surface area (Å²) < 4.78 is 73.9. The zero-order valence-corrected chi connectivity index (χ0v) is 21.7. The van der Waals surface area contributed by atoms with E-state index in [1.807, 2.05) is 0 Å². The van der Waals surface area contributed by atoms with Gasteiger partial charge in [0, 0.05) is 43.0 Å². The lowest BCUT2D eigenvalue weighted by Crippen LogP contribution is -2.71. The number of quaternary nitrogens is 1. The Labute approximate surface area is 229 Å². The number of carbonyl (C=O) groups is 2. The number of nitrogens with zero attached hydrogens (tertiary/aromatic N) is 3. The van der Waals surface area contributed by atoms with Crippen molar-refractivity contribution in [3.8, 4) is 0 Å². The van der Waals surface area contributed by atoms with Crippen LogP contribution in [0.25, 0.3) is 21.8 Å². The van der Waals surface area contributed by atoms with Crippen molar-refractivity contribution >= 4 is 39.5 Å². The summed E-state index contributed by atoms with van der Waals surface area (Å²) in [7, 11) is 1.55. The van der Waals surface area contributed by atoms with Crippen molar-refractivity contribution in [2.45, 2.75) is 49.9 Å². The van der Waals surface area contributed by atoms with Gasteiger partial charge in [0.1, 0.15) is 17.4 Å². The monoisotopic (exact) mass is 577 g/mol. The summed E-state index contributed by atoms with van der Waals surface area (Å²) in [5.74, 6) is -6.85. The van der Waals surface area contributed by atoms with Gasteiger partial charge < -0.3 is 20.1 Å². The van der Waals surface area contributed by atoms with E-state index in [1.54, 1.807) is 31.3 Å². The number of nitrogens with two attached hydrogens (primary N) is 1. The minimum atomic E-state index is -5.54. The molecule has 1 saturated carbocycles. The van der Waals surface area contributed by atoms with Crippen LogP contribution in [0, 0.1) is 5.82 Å². The van der Waals surface area contributed by atoms with Crippen molar-refractivity contribution in [2.24, 2.45) is 12.8 Å².